The summed E-state index contributed by atoms with van der Waals surface area (Å²) >= 11 is 6.17. The average Bonchev–Trinajstić information content (AvgIpc) is 2.67. The molecule has 2 aliphatic carbocycles. The van der Waals surface area contributed by atoms with Crippen LogP contribution < -0.4 is 4.74 Å². The van der Waals surface area contributed by atoms with E-state index in [0.29, 0.717) is 12.4 Å². The summed E-state index contributed by atoms with van der Waals surface area (Å²) in [5.41, 5.74) is 2.22. The van der Waals surface area contributed by atoms with E-state index in [2.05, 4.69) is 0 Å². The maximum atomic E-state index is 14.7. The van der Waals surface area contributed by atoms with Gasteiger partial charge in [0.05, 0.1) is 20.0 Å². The molecule has 0 aliphatic heterocycles. The van der Waals surface area contributed by atoms with Crippen molar-refractivity contribution in [2.45, 2.75) is 64.2 Å². The number of methoxy groups -OCH3 is 1. The van der Waals surface area contributed by atoms with Crippen molar-refractivity contribution < 1.29 is 13.9 Å². The minimum Gasteiger partial charge on any atom is -0.504 e. The average molecular weight is 381 g/mol. The molecule has 0 atom stereocenters. The van der Waals surface area contributed by atoms with Gasteiger partial charge in [-0.15, -0.1) is 0 Å². The number of hydrogen-bond acceptors (Lipinski definition) is 2. The molecule has 0 radical (unpaired) electrons. The summed E-state index contributed by atoms with van der Waals surface area (Å²) in [6.45, 7) is 2.37. The molecule has 0 N–H and O–H groups in total. The zero-order chi connectivity index (χ0) is 18.5. The Morgan fingerprint density at radius 3 is 2.35 bits per heavy atom. The number of ether oxygens (including phenoxy) is 2. The monoisotopic (exact) mass is 380 g/mol. The van der Waals surface area contributed by atoms with Crippen LogP contribution in [0.4, 0.5) is 4.39 Å². The van der Waals surface area contributed by atoms with Gasteiger partial charge in [-0.1, -0.05) is 17.7 Å². The highest BCUT2D eigenvalue weighted by atomic mass is 35.5. The van der Waals surface area contributed by atoms with Gasteiger partial charge in [0.2, 0.25) is 0 Å². The minimum atomic E-state index is -0.284. The molecule has 1 aromatic rings. The Hall–Kier alpha value is -1.22. The Balaban J connectivity index is 1.57. The molecule has 0 amide bonds. The number of benzene rings is 1. The lowest BCUT2D eigenvalue weighted by Crippen LogP contribution is -2.24. The highest BCUT2D eigenvalue weighted by molar-refractivity contribution is 6.32. The van der Waals surface area contributed by atoms with E-state index in [9.17, 15) is 4.39 Å². The van der Waals surface area contributed by atoms with E-state index in [1.165, 1.54) is 44.1 Å². The zero-order valence-electron chi connectivity index (χ0n) is 15.9. The lowest BCUT2D eigenvalue weighted by atomic mass is 9.69. The first-order chi connectivity index (χ1) is 12.6. The molecule has 2 fully saturated rings. The number of allylic oxidation sites excluding steroid dienone is 1. The summed E-state index contributed by atoms with van der Waals surface area (Å²) in [7, 11) is 1.73. The molecule has 0 spiro atoms. The van der Waals surface area contributed by atoms with Crippen molar-refractivity contribution in [1.82, 2.24) is 0 Å². The zero-order valence-corrected chi connectivity index (χ0v) is 16.7. The molecule has 2 aliphatic rings. The van der Waals surface area contributed by atoms with E-state index in [1.54, 1.807) is 7.11 Å². The van der Waals surface area contributed by atoms with Crippen LogP contribution in [0, 0.1) is 17.7 Å². The van der Waals surface area contributed by atoms with Crippen LogP contribution in [0.5, 0.6) is 5.75 Å². The second kappa shape index (κ2) is 9.12. The Labute approximate surface area is 161 Å². The smallest absolute Gasteiger partial charge is 0.149 e. The molecule has 0 aromatic heterocycles. The lowest BCUT2D eigenvalue weighted by Gasteiger charge is -2.36. The summed E-state index contributed by atoms with van der Waals surface area (Å²) < 4.78 is 25.3. The highest BCUT2D eigenvalue weighted by Crippen LogP contribution is 2.45. The van der Waals surface area contributed by atoms with Crippen LogP contribution in [0.25, 0.3) is 0 Å². The molecule has 144 valence electrons. The van der Waals surface area contributed by atoms with E-state index in [4.69, 9.17) is 21.1 Å². The molecule has 2 nitrogen and oxygen atoms in total. The summed E-state index contributed by atoms with van der Waals surface area (Å²) in [4.78, 5) is 0. The maximum absolute atomic E-state index is 14.7. The SMILES string of the molecule is CCOc1ccc(C2CCC(C3CCC(=COC)CC3)CC2)c(F)c1Cl. The minimum absolute atomic E-state index is 0.135. The van der Waals surface area contributed by atoms with Crippen LogP contribution in [-0.2, 0) is 4.74 Å². The summed E-state index contributed by atoms with van der Waals surface area (Å²) in [5, 5.41) is 0.135. The van der Waals surface area contributed by atoms with E-state index in [1.807, 2.05) is 25.3 Å². The molecule has 26 heavy (non-hydrogen) atoms. The first-order valence-corrected chi connectivity index (χ1v) is 10.3. The van der Waals surface area contributed by atoms with Crippen molar-refractivity contribution in [2.24, 2.45) is 11.8 Å². The Morgan fingerprint density at radius 2 is 1.73 bits per heavy atom. The number of hydrogen-bond donors (Lipinski definition) is 0. The molecule has 0 heterocycles. The van der Waals surface area contributed by atoms with E-state index >= 15 is 0 Å². The topological polar surface area (TPSA) is 18.5 Å². The molecule has 0 saturated heterocycles. The van der Waals surface area contributed by atoms with Gasteiger partial charge in [0, 0.05) is 0 Å². The van der Waals surface area contributed by atoms with Gasteiger partial charge in [0.15, 0.2) is 0 Å². The van der Waals surface area contributed by atoms with Gasteiger partial charge >= 0.3 is 0 Å². The van der Waals surface area contributed by atoms with Gasteiger partial charge in [0.1, 0.15) is 16.6 Å². The molecule has 2 saturated carbocycles. The fraction of sp³-hybridized carbons (Fsp3) is 0.636. The van der Waals surface area contributed by atoms with Crippen molar-refractivity contribution >= 4 is 11.6 Å². The van der Waals surface area contributed by atoms with Gasteiger partial charge < -0.3 is 9.47 Å². The molecule has 4 heteroatoms. The lowest BCUT2D eigenvalue weighted by molar-refractivity contribution is 0.196. The third-order valence-electron chi connectivity index (χ3n) is 6.21. The highest BCUT2D eigenvalue weighted by Gasteiger charge is 2.31. The molecule has 0 unspecified atom stereocenters. The Morgan fingerprint density at radius 1 is 1.08 bits per heavy atom. The molecule has 3 rings (SSSR count). The third kappa shape index (κ3) is 4.36. The van der Waals surface area contributed by atoms with Crippen LogP contribution in [-0.4, -0.2) is 13.7 Å². The van der Waals surface area contributed by atoms with Gasteiger partial charge in [-0.3, -0.25) is 0 Å². The largest absolute Gasteiger partial charge is 0.504 e. The quantitative estimate of drug-likeness (QED) is 0.519. The van der Waals surface area contributed by atoms with Gasteiger partial charge in [-0.2, -0.15) is 0 Å². The van der Waals surface area contributed by atoms with Gasteiger partial charge in [-0.05, 0) is 93.2 Å². The van der Waals surface area contributed by atoms with Gasteiger partial charge in [0.25, 0.3) is 0 Å². The second-order valence-electron chi connectivity index (χ2n) is 7.67. The molecular formula is C22H30ClFO2. The van der Waals surface area contributed by atoms with E-state index < -0.39 is 0 Å². The van der Waals surface area contributed by atoms with Crippen molar-refractivity contribution in [3.8, 4) is 5.75 Å². The molecule has 1 aromatic carbocycles. The fourth-order valence-corrected chi connectivity index (χ4v) is 5.02. The van der Waals surface area contributed by atoms with Crippen molar-refractivity contribution in [2.75, 3.05) is 13.7 Å². The van der Waals surface area contributed by atoms with E-state index in [0.717, 1.165) is 30.2 Å². The standard InChI is InChI=1S/C22H30ClFO2/c1-3-26-20-13-12-19(22(24)21(20)23)18-10-8-17(9-11-18)16-6-4-15(5-7-16)14-25-2/h12-14,16-18H,3-11H2,1-2H3. The third-order valence-corrected chi connectivity index (χ3v) is 6.56. The van der Waals surface area contributed by atoms with Crippen molar-refractivity contribution in [3.05, 3.63) is 40.4 Å². The Kier molecular flexibility index (Phi) is 6.86. The predicted octanol–water partition coefficient (Wildman–Crippen LogP) is 6.87. The summed E-state index contributed by atoms with van der Waals surface area (Å²) in [5.74, 6) is 2.06. The molecular weight excluding hydrogens is 351 g/mol. The van der Waals surface area contributed by atoms with Crippen LogP contribution in [0.1, 0.15) is 69.8 Å². The summed E-state index contributed by atoms with van der Waals surface area (Å²) in [6.07, 6.45) is 11.3. The maximum Gasteiger partial charge on any atom is 0.149 e. The van der Waals surface area contributed by atoms with Crippen LogP contribution in [0.15, 0.2) is 24.0 Å². The summed E-state index contributed by atoms with van der Waals surface area (Å²) in [6, 6.07) is 3.70. The normalized spacial score (nSPS) is 26.5. The van der Waals surface area contributed by atoms with Crippen molar-refractivity contribution in [3.63, 3.8) is 0 Å². The predicted molar refractivity (Wildman–Crippen MR) is 104 cm³/mol. The van der Waals surface area contributed by atoms with Crippen molar-refractivity contribution in [1.29, 1.82) is 0 Å². The van der Waals surface area contributed by atoms with Crippen LogP contribution >= 0.6 is 11.6 Å². The first-order valence-electron chi connectivity index (χ1n) is 9.95. The fourth-order valence-electron chi connectivity index (χ4n) is 4.80. The van der Waals surface area contributed by atoms with Gasteiger partial charge in [-0.25, -0.2) is 4.39 Å². The van der Waals surface area contributed by atoms with Crippen LogP contribution in [0.2, 0.25) is 5.02 Å². The number of rotatable bonds is 5. The molecule has 0 bridgehead atoms. The first kappa shape index (κ1) is 19.5. The number of halogens is 2. The Bertz CT molecular complexity index is 625. The van der Waals surface area contributed by atoms with Crippen LogP contribution in [0.3, 0.4) is 0 Å². The van der Waals surface area contributed by atoms with E-state index in [-0.39, 0.29) is 16.8 Å². The second-order valence-corrected chi connectivity index (χ2v) is 8.05.